The van der Waals surface area contributed by atoms with Gasteiger partial charge in [0.05, 0.1) is 12.7 Å². The highest BCUT2D eigenvalue weighted by Gasteiger charge is 2.24. The predicted octanol–water partition coefficient (Wildman–Crippen LogP) is 6.68. The van der Waals surface area contributed by atoms with Crippen molar-refractivity contribution < 1.29 is 17.9 Å². The normalized spacial score (nSPS) is 20.2. The number of halogens is 3. The molecule has 1 saturated heterocycles. The van der Waals surface area contributed by atoms with E-state index in [1.165, 1.54) is 30.3 Å². The van der Waals surface area contributed by atoms with Gasteiger partial charge in [-0.2, -0.15) is 0 Å². The van der Waals surface area contributed by atoms with Crippen LogP contribution in [0.5, 0.6) is 0 Å². The lowest BCUT2D eigenvalue weighted by Crippen LogP contribution is -2.20. The van der Waals surface area contributed by atoms with Crippen LogP contribution in [-0.4, -0.2) is 6.61 Å². The second-order valence-corrected chi connectivity index (χ2v) is 6.83. The molecule has 1 aliphatic heterocycles. The van der Waals surface area contributed by atoms with Crippen LogP contribution in [-0.2, 0) is 4.74 Å². The molecule has 3 rings (SSSR count). The quantitative estimate of drug-likeness (QED) is 0.578. The maximum Gasteiger partial charge on any atom is 0.167 e. The van der Waals surface area contributed by atoms with E-state index in [4.69, 9.17) is 4.74 Å². The van der Waals surface area contributed by atoms with Gasteiger partial charge in [0, 0.05) is 16.7 Å². The van der Waals surface area contributed by atoms with Crippen molar-refractivity contribution in [2.24, 2.45) is 5.92 Å². The highest BCUT2D eigenvalue weighted by atomic mass is 19.2. The van der Waals surface area contributed by atoms with Gasteiger partial charge in [0.15, 0.2) is 11.6 Å². The summed E-state index contributed by atoms with van der Waals surface area (Å²) >= 11 is 0. The second-order valence-electron chi connectivity index (χ2n) is 6.83. The fraction of sp³-hybridized carbons (Fsp3) is 0.364. The van der Waals surface area contributed by atoms with E-state index >= 15 is 0 Å². The molecule has 0 amide bonds. The summed E-state index contributed by atoms with van der Waals surface area (Å²) < 4.78 is 48.7. The Labute approximate surface area is 152 Å². The molecule has 2 aromatic rings. The van der Waals surface area contributed by atoms with E-state index in [-0.39, 0.29) is 22.8 Å². The molecule has 4 heteroatoms. The molecule has 0 saturated carbocycles. The fourth-order valence-corrected chi connectivity index (χ4v) is 3.58. The number of hydrogen-bond acceptors (Lipinski definition) is 1. The molecule has 1 heterocycles. The summed E-state index contributed by atoms with van der Waals surface area (Å²) in [6.45, 7) is 6.28. The van der Waals surface area contributed by atoms with E-state index in [1.807, 2.05) is 0 Å². The lowest BCUT2D eigenvalue weighted by molar-refractivity contribution is -0.0195. The Morgan fingerprint density at radius 3 is 2.46 bits per heavy atom. The molecule has 1 nitrogen and oxygen atoms in total. The molecule has 1 fully saturated rings. The average Bonchev–Trinajstić information content (AvgIpc) is 2.65. The van der Waals surface area contributed by atoms with Gasteiger partial charge in [0.1, 0.15) is 5.82 Å². The van der Waals surface area contributed by atoms with Crippen molar-refractivity contribution in [1.29, 1.82) is 0 Å². The van der Waals surface area contributed by atoms with Gasteiger partial charge in [0.25, 0.3) is 0 Å². The molecule has 0 aromatic heterocycles. The highest BCUT2D eigenvalue weighted by molar-refractivity contribution is 5.67. The minimum absolute atomic E-state index is 0.0421. The molecule has 0 radical (unpaired) electrons. The molecule has 0 N–H and O–H groups in total. The van der Waals surface area contributed by atoms with Crippen LogP contribution < -0.4 is 0 Å². The van der Waals surface area contributed by atoms with Gasteiger partial charge in [-0.15, -0.1) is 0 Å². The maximum absolute atomic E-state index is 14.6. The molecule has 0 spiro atoms. The van der Waals surface area contributed by atoms with Crippen molar-refractivity contribution in [1.82, 2.24) is 0 Å². The van der Waals surface area contributed by atoms with Crippen molar-refractivity contribution >= 4 is 6.08 Å². The standard InChI is InChI=1S/C22H23F3O/c1-3-5-14-6-11-20(26-13-14)16-8-9-17(19(23)12-16)18-10-7-15(4-2)21(24)22(18)25/h4,7-10,12,14,20H,2-3,5-6,11,13H2,1H3. The summed E-state index contributed by atoms with van der Waals surface area (Å²) in [6.07, 6.45) is 5.27. The van der Waals surface area contributed by atoms with Crippen molar-refractivity contribution in [3.8, 4) is 11.1 Å². The molecule has 2 unspecified atom stereocenters. The summed E-state index contributed by atoms with van der Waals surface area (Å²) in [4.78, 5) is 0. The molecule has 0 aliphatic carbocycles. The Morgan fingerprint density at radius 1 is 1.08 bits per heavy atom. The Kier molecular flexibility index (Phi) is 5.82. The molecule has 1 aliphatic rings. The molecule has 0 bridgehead atoms. The zero-order valence-electron chi connectivity index (χ0n) is 14.9. The SMILES string of the molecule is C=Cc1ccc(-c2ccc(C3CCC(CCC)CO3)cc2F)c(F)c1F. The molecule has 2 aromatic carbocycles. The monoisotopic (exact) mass is 360 g/mol. The van der Waals surface area contributed by atoms with Crippen LogP contribution in [0.3, 0.4) is 0 Å². The number of ether oxygens (including phenoxy) is 1. The minimum Gasteiger partial charge on any atom is -0.373 e. The van der Waals surface area contributed by atoms with Gasteiger partial charge < -0.3 is 4.74 Å². The van der Waals surface area contributed by atoms with Crippen molar-refractivity contribution in [3.63, 3.8) is 0 Å². The summed E-state index contributed by atoms with van der Waals surface area (Å²) in [5.41, 5.74) is 0.746. The van der Waals surface area contributed by atoms with Gasteiger partial charge in [-0.1, -0.05) is 50.3 Å². The van der Waals surface area contributed by atoms with E-state index < -0.39 is 17.5 Å². The average molecular weight is 360 g/mol. The third-order valence-corrected chi connectivity index (χ3v) is 5.05. The first-order chi connectivity index (χ1) is 12.5. The van der Waals surface area contributed by atoms with E-state index in [2.05, 4.69) is 13.5 Å². The number of benzene rings is 2. The van der Waals surface area contributed by atoms with Crippen molar-refractivity contribution in [2.45, 2.75) is 38.7 Å². The highest BCUT2D eigenvalue weighted by Crippen LogP contribution is 2.35. The summed E-state index contributed by atoms with van der Waals surface area (Å²) in [7, 11) is 0. The lowest BCUT2D eigenvalue weighted by Gasteiger charge is -2.29. The van der Waals surface area contributed by atoms with Crippen molar-refractivity contribution in [2.75, 3.05) is 6.61 Å². The fourth-order valence-electron chi connectivity index (χ4n) is 3.58. The van der Waals surface area contributed by atoms with Gasteiger partial charge in [-0.05, 0) is 36.8 Å². The largest absolute Gasteiger partial charge is 0.373 e. The summed E-state index contributed by atoms with van der Waals surface area (Å²) in [5.74, 6) is -2.09. The first kappa shape index (κ1) is 18.7. The smallest absolute Gasteiger partial charge is 0.167 e. The number of rotatable bonds is 5. The molecular formula is C22H23F3O. The van der Waals surface area contributed by atoms with Crippen LogP contribution in [0.2, 0.25) is 0 Å². The first-order valence-electron chi connectivity index (χ1n) is 9.07. The van der Waals surface area contributed by atoms with Gasteiger partial charge in [-0.3, -0.25) is 0 Å². The van der Waals surface area contributed by atoms with E-state index in [1.54, 1.807) is 6.07 Å². The molecule has 2 atom stereocenters. The van der Waals surface area contributed by atoms with Gasteiger partial charge in [-0.25, -0.2) is 13.2 Å². The lowest BCUT2D eigenvalue weighted by atomic mass is 9.91. The Hall–Kier alpha value is -2.07. The van der Waals surface area contributed by atoms with Gasteiger partial charge in [0.2, 0.25) is 0 Å². The van der Waals surface area contributed by atoms with Crippen molar-refractivity contribution in [3.05, 3.63) is 65.5 Å². The Balaban J connectivity index is 1.83. The Morgan fingerprint density at radius 2 is 1.85 bits per heavy atom. The Bertz CT molecular complexity index is 792. The molecule has 26 heavy (non-hydrogen) atoms. The minimum atomic E-state index is -1.06. The topological polar surface area (TPSA) is 9.23 Å². The summed E-state index contributed by atoms with van der Waals surface area (Å²) in [6, 6.07) is 7.38. The third-order valence-electron chi connectivity index (χ3n) is 5.05. The first-order valence-corrected chi connectivity index (χ1v) is 9.07. The zero-order valence-corrected chi connectivity index (χ0v) is 14.9. The maximum atomic E-state index is 14.6. The van der Waals surface area contributed by atoms with E-state index in [0.29, 0.717) is 12.5 Å². The molecule has 138 valence electrons. The van der Waals surface area contributed by atoms with Crippen LogP contribution >= 0.6 is 0 Å². The van der Waals surface area contributed by atoms with Crippen LogP contribution in [0.15, 0.2) is 36.9 Å². The van der Waals surface area contributed by atoms with Crippen LogP contribution in [0.1, 0.15) is 49.8 Å². The van der Waals surface area contributed by atoms with E-state index in [0.717, 1.165) is 31.2 Å². The second kappa shape index (κ2) is 8.09. The van der Waals surface area contributed by atoms with Crippen LogP contribution in [0.4, 0.5) is 13.2 Å². The van der Waals surface area contributed by atoms with Crippen LogP contribution in [0.25, 0.3) is 17.2 Å². The zero-order chi connectivity index (χ0) is 18.7. The summed E-state index contributed by atoms with van der Waals surface area (Å²) in [5, 5.41) is 0. The predicted molar refractivity (Wildman–Crippen MR) is 98.2 cm³/mol. The van der Waals surface area contributed by atoms with E-state index in [9.17, 15) is 13.2 Å². The molecular weight excluding hydrogens is 337 g/mol. The third kappa shape index (κ3) is 3.70. The van der Waals surface area contributed by atoms with Gasteiger partial charge >= 0.3 is 0 Å². The van der Waals surface area contributed by atoms with Crippen LogP contribution in [0, 0.1) is 23.4 Å². The number of hydrogen-bond donors (Lipinski definition) is 0.